The molecule has 0 saturated carbocycles. The molecule has 94 valence electrons. The van der Waals surface area contributed by atoms with E-state index >= 15 is 0 Å². The topological polar surface area (TPSA) is 87.7 Å². The third-order valence-corrected chi connectivity index (χ3v) is 2.09. The number of methoxy groups -OCH3 is 1. The van der Waals surface area contributed by atoms with Gasteiger partial charge in [0.2, 0.25) is 0 Å². The average molecular weight is 232 g/mol. The Morgan fingerprint density at radius 1 is 1.38 bits per heavy atom. The van der Waals surface area contributed by atoms with Crippen LogP contribution in [0.4, 0.5) is 4.79 Å². The number of urea groups is 1. The fraction of sp³-hybridized carbons (Fsp3) is 0.800. The molecule has 0 aromatic heterocycles. The van der Waals surface area contributed by atoms with Gasteiger partial charge in [0.1, 0.15) is 0 Å². The van der Waals surface area contributed by atoms with E-state index in [1.807, 2.05) is 6.92 Å². The Morgan fingerprint density at radius 3 is 2.56 bits per heavy atom. The zero-order valence-corrected chi connectivity index (χ0v) is 9.78. The summed E-state index contributed by atoms with van der Waals surface area (Å²) in [4.78, 5) is 21.9. The second kappa shape index (κ2) is 8.96. The lowest BCUT2D eigenvalue weighted by molar-refractivity contribution is -0.141. The minimum absolute atomic E-state index is 0.155. The molecule has 0 aromatic carbocycles. The molecule has 2 amide bonds. The van der Waals surface area contributed by atoms with Gasteiger partial charge in [-0.25, -0.2) is 4.79 Å². The summed E-state index contributed by atoms with van der Waals surface area (Å²) in [6.07, 6.45) is 1.34. The number of amides is 2. The summed E-state index contributed by atoms with van der Waals surface area (Å²) in [5.74, 6) is -1.39. The van der Waals surface area contributed by atoms with Gasteiger partial charge in [-0.1, -0.05) is 13.3 Å². The van der Waals surface area contributed by atoms with E-state index in [1.54, 1.807) is 7.11 Å². The van der Waals surface area contributed by atoms with Crippen LogP contribution in [0, 0.1) is 5.92 Å². The molecule has 0 heterocycles. The van der Waals surface area contributed by atoms with Crippen LogP contribution in [0.1, 0.15) is 19.8 Å². The second-order valence-corrected chi connectivity index (χ2v) is 3.45. The summed E-state index contributed by atoms with van der Waals surface area (Å²) in [5, 5.41) is 13.9. The van der Waals surface area contributed by atoms with Crippen molar-refractivity contribution < 1.29 is 19.4 Å². The molecule has 1 atom stereocenters. The first-order valence-electron chi connectivity index (χ1n) is 5.35. The highest BCUT2D eigenvalue weighted by molar-refractivity contribution is 5.75. The van der Waals surface area contributed by atoms with E-state index < -0.39 is 11.9 Å². The third-order valence-electron chi connectivity index (χ3n) is 2.09. The fourth-order valence-electron chi connectivity index (χ4n) is 1.21. The minimum Gasteiger partial charge on any atom is -0.481 e. The monoisotopic (exact) mass is 232 g/mol. The van der Waals surface area contributed by atoms with Crippen molar-refractivity contribution in [3.8, 4) is 0 Å². The van der Waals surface area contributed by atoms with Crippen molar-refractivity contribution in [1.29, 1.82) is 0 Å². The van der Waals surface area contributed by atoms with E-state index in [0.29, 0.717) is 19.6 Å². The first-order valence-corrected chi connectivity index (χ1v) is 5.35. The van der Waals surface area contributed by atoms with Crippen LogP contribution in [0.5, 0.6) is 0 Å². The fourth-order valence-corrected chi connectivity index (χ4v) is 1.21. The van der Waals surface area contributed by atoms with Crippen LogP contribution < -0.4 is 10.6 Å². The molecule has 0 fully saturated rings. The Balaban J connectivity index is 3.74. The van der Waals surface area contributed by atoms with Gasteiger partial charge in [0.05, 0.1) is 12.5 Å². The Hall–Kier alpha value is -1.30. The number of carboxylic acid groups (broad SMARTS) is 1. The normalized spacial score (nSPS) is 11.9. The maximum Gasteiger partial charge on any atom is 0.314 e. The average Bonchev–Trinajstić information content (AvgIpc) is 2.24. The van der Waals surface area contributed by atoms with Crippen molar-refractivity contribution in [3.63, 3.8) is 0 Å². The van der Waals surface area contributed by atoms with E-state index in [-0.39, 0.29) is 12.6 Å². The van der Waals surface area contributed by atoms with Crippen molar-refractivity contribution in [2.24, 2.45) is 5.92 Å². The Kier molecular flexibility index (Phi) is 8.24. The smallest absolute Gasteiger partial charge is 0.314 e. The van der Waals surface area contributed by atoms with Crippen molar-refractivity contribution in [2.75, 3.05) is 26.8 Å². The van der Waals surface area contributed by atoms with Gasteiger partial charge < -0.3 is 20.5 Å². The summed E-state index contributed by atoms with van der Waals surface area (Å²) < 4.78 is 4.76. The van der Waals surface area contributed by atoms with Crippen LogP contribution in [0.3, 0.4) is 0 Å². The number of nitrogens with one attached hydrogen (secondary N) is 2. The summed E-state index contributed by atoms with van der Waals surface area (Å²) in [7, 11) is 1.54. The Morgan fingerprint density at radius 2 is 2.06 bits per heavy atom. The standard InChI is InChI=1S/C10H20N2O4/c1-3-4-8(9(13)14)7-12-10(15)11-5-6-16-2/h8H,3-7H2,1-2H3,(H,13,14)(H2,11,12,15). The Labute approximate surface area is 95.4 Å². The highest BCUT2D eigenvalue weighted by Gasteiger charge is 2.16. The number of hydrogen-bond donors (Lipinski definition) is 3. The first-order chi connectivity index (χ1) is 7.61. The molecule has 1 unspecified atom stereocenters. The van der Waals surface area contributed by atoms with Crippen LogP contribution in [0.2, 0.25) is 0 Å². The molecule has 6 heteroatoms. The van der Waals surface area contributed by atoms with Crippen LogP contribution in [0.15, 0.2) is 0 Å². The lowest BCUT2D eigenvalue weighted by Gasteiger charge is -2.12. The predicted molar refractivity (Wildman–Crippen MR) is 59.3 cm³/mol. The van der Waals surface area contributed by atoms with Crippen molar-refractivity contribution in [3.05, 3.63) is 0 Å². The number of hydrogen-bond acceptors (Lipinski definition) is 3. The number of rotatable bonds is 8. The molecule has 0 aliphatic carbocycles. The lowest BCUT2D eigenvalue weighted by atomic mass is 10.0. The van der Waals surface area contributed by atoms with Crippen LogP contribution >= 0.6 is 0 Å². The molecule has 0 aliphatic heterocycles. The molecule has 0 radical (unpaired) electrons. The molecule has 0 saturated heterocycles. The molecular weight excluding hydrogens is 212 g/mol. The SMILES string of the molecule is CCCC(CNC(=O)NCCOC)C(=O)O. The number of carbonyl (C=O) groups is 2. The Bertz CT molecular complexity index is 221. The highest BCUT2D eigenvalue weighted by atomic mass is 16.5. The molecule has 3 N–H and O–H groups in total. The van der Waals surface area contributed by atoms with E-state index in [2.05, 4.69) is 10.6 Å². The molecule has 6 nitrogen and oxygen atoms in total. The predicted octanol–water partition coefficient (Wildman–Crippen LogP) is 0.433. The van der Waals surface area contributed by atoms with Gasteiger partial charge in [-0.05, 0) is 6.42 Å². The van der Waals surface area contributed by atoms with Gasteiger partial charge >= 0.3 is 12.0 Å². The van der Waals surface area contributed by atoms with E-state index in [9.17, 15) is 9.59 Å². The molecular formula is C10H20N2O4. The summed E-state index contributed by atoms with van der Waals surface area (Å²) in [6.45, 7) is 2.91. The van der Waals surface area contributed by atoms with Gasteiger partial charge in [0.25, 0.3) is 0 Å². The van der Waals surface area contributed by atoms with Crippen LogP contribution in [0.25, 0.3) is 0 Å². The van der Waals surface area contributed by atoms with Crippen molar-refractivity contribution in [1.82, 2.24) is 10.6 Å². The molecule has 0 aromatic rings. The number of ether oxygens (including phenoxy) is 1. The second-order valence-electron chi connectivity index (χ2n) is 3.45. The zero-order chi connectivity index (χ0) is 12.4. The van der Waals surface area contributed by atoms with Crippen LogP contribution in [-0.2, 0) is 9.53 Å². The zero-order valence-electron chi connectivity index (χ0n) is 9.78. The van der Waals surface area contributed by atoms with E-state index in [0.717, 1.165) is 6.42 Å². The summed E-state index contributed by atoms with van der Waals surface area (Å²) in [6, 6.07) is -0.362. The molecule has 0 rings (SSSR count). The summed E-state index contributed by atoms with van der Waals surface area (Å²) >= 11 is 0. The maximum absolute atomic E-state index is 11.2. The maximum atomic E-state index is 11.2. The number of carbonyl (C=O) groups excluding carboxylic acids is 1. The largest absolute Gasteiger partial charge is 0.481 e. The van der Waals surface area contributed by atoms with Gasteiger partial charge in [-0.3, -0.25) is 4.79 Å². The molecule has 0 bridgehead atoms. The number of aliphatic carboxylic acids is 1. The summed E-state index contributed by atoms with van der Waals surface area (Å²) in [5.41, 5.74) is 0. The van der Waals surface area contributed by atoms with Gasteiger partial charge in [-0.2, -0.15) is 0 Å². The molecule has 16 heavy (non-hydrogen) atoms. The molecule has 0 aliphatic rings. The first kappa shape index (κ1) is 14.7. The van der Waals surface area contributed by atoms with Crippen molar-refractivity contribution >= 4 is 12.0 Å². The lowest BCUT2D eigenvalue weighted by Crippen LogP contribution is -2.41. The van der Waals surface area contributed by atoms with Gasteiger partial charge in [-0.15, -0.1) is 0 Å². The van der Waals surface area contributed by atoms with Gasteiger partial charge in [0, 0.05) is 20.2 Å². The van der Waals surface area contributed by atoms with Crippen molar-refractivity contribution in [2.45, 2.75) is 19.8 Å². The van der Waals surface area contributed by atoms with E-state index in [4.69, 9.17) is 9.84 Å². The van der Waals surface area contributed by atoms with Crippen LogP contribution in [-0.4, -0.2) is 43.9 Å². The van der Waals surface area contributed by atoms with E-state index in [1.165, 1.54) is 0 Å². The minimum atomic E-state index is -0.876. The number of carboxylic acids is 1. The van der Waals surface area contributed by atoms with Gasteiger partial charge in [0.15, 0.2) is 0 Å². The quantitative estimate of drug-likeness (QED) is 0.530. The third kappa shape index (κ3) is 7.05. The molecule has 0 spiro atoms. The highest BCUT2D eigenvalue weighted by Crippen LogP contribution is 2.04.